The molecule has 2 fully saturated rings. The van der Waals surface area contributed by atoms with E-state index in [0.717, 1.165) is 38.6 Å². The molecule has 3 unspecified atom stereocenters. The smallest absolute Gasteiger partial charge is 0.248 e. The van der Waals surface area contributed by atoms with E-state index in [-0.39, 0.29) is 30.6 Å². The summed E-state index contributed by atoms with van der Waals surface area (Å²) < 4.78 is 4.92. The van der Waals surface area contributed by atoms with E-state index >= 15 is 0 Å². The zero-order valence-electron chi connectivity index (χ0n) is 10.6. The van der Waals surface area contributed by atoms with E-state index < -0.39 is 0 Å². The zero-order valence-corrected chi connectivity index (χ0v) is 10.6. The molecule has 0 bridgehead atoms. The Morgan fingerprint density at radius 2 is 2.06 bits per heavy atom. The fourth-order valence-corrected chi connectivity index (χ4v) is 3.34. The monoisotopic (exact) mass is 241 g/mol. The Bertz CT molecular complexity index is 269. The van der Waals surface area contributed by atoms with Crippen molar-refractivity contribution in [3.05, 3.63) is 0 Å². The second kappa shape index (κ2) is 5.83. The van der Waals surface area contributed by atoms with Gasteiger partial charge in [-0.25, -0.2) is 0 Å². The van der Waals surface area contributed by atoms with Crippen molar-refractivity contribution in [2.75, 3.05) is 20.3 Å². The molecule has 0 spiro atoms. The van der Waals surface area contributed by atoms with Gasteiger partial charge in [0.05, 0.1) is 6.10 Å². The number of hydrogen-bond acceptors (Lipinski definition) is 3. The van der Waals surface area contributed by atoms with Crippen LogP contribution in [0.1, 0.15) is 38.5 Å². The highest BCUT2D eigenvalue weighted by Crippen LogP contribution is 2.34. The number of aliphatic hydroxyl groups is 1. The van der Waals surface area contributed by atoms with Crippen molar-refractivity contribution in [2.45, 2.75) is 50.7 Å². The first-order valence-electron chi connectivity index (χ1n) is 6.70. The normalized spacial score (nSPS) is 34.0. The largest absolute Gasteiger partial charge is 0.393 e. The van der Waals surface area contributed by atoms with Crippen molar-refractivity contribution in [1.82, 2.24) is 4.90 Å². The molecule has 1 saturated heterocycles. The molecule has 1 saturated carbocycles. The number of hydrogen-bond donors (Lipinski definition) is 1. The average molecular weight is 241 g/mol. The van der Waals surface area contributed by atoms with Crippen LogP contribution < -0.4 is 0 Å². The molecule has 0 aromatic heterocycles. The lowest BCUT2D eigenvalue weighted by atomic mass is 9.80. The second-order valence-electron chi connectivity index (χ2n) is 5.25. The molecule has 0 radical (unpaired) electrons. The zero-order chi connectivity index (χ0) is 12.3. The average Bonchev–Trinajstić information content (AvgIpc) is 2.79. The summed E-state index contributed by atoms with van der Waals surface area (Å²) in [5, 5.41) is 10.1. The molecule has 98 valence electrons. The highest BCUT2D eigenvalue weighted by atomic mass is 16.5. The third-order valence-corrected chi connectivity index (χ3v) is 4.16. The Balaban J connectivity index is 2.00. The van der Waals surface area contributed by atoms with Crippen LogP contribution in [-0.2, 0) is 9.53 Å². The maximum Gasteiger partial charge on any atom is 0.248 e. The first-order chi connectivity index (χ1) is 8.24. The number of amides is 1. The molecular weight excluding hydrogens is 218 g/mol. The van der Waals surface area contributed by atoms with Gasteiger partial charge in [0.1, 0.15) is 6.61 Å². The number of likely N-dealkylation sites (tertiary alicyclic amines) is 1. The van der Waals surface area contributed by atoms with Crippen molar-refractivity contribution in [3.63, 3.8) is 0 Å². The van der Waals surface area contributed by atoms with E-state index in [1.807, 2.05) is 4.90 Å². The molecule has 2 rings (SSSR count). The van der Waals surface area contributed by atoms with Gasteiger partial charge in [0.15, 0.2) is 0 Å². The summed E-state index contributed by atoms with van der Waals surface area (Å²) in [5.74, 6) is 0.361. The number of carbonyl (C=O) groups is 1. The quantitative estimate of drug-likeness (QED) is 0.807. The Morgan fingerprint density at radius 3 is 2.76 bits per heavy atom. The van der Waals surface area contributed by atoms with Gasteiger partial charge in [0.2, 0.25) is 5.91 Å². The fourth-order valence-electron chi connectivity index (χ4n) is 3.34. The van der Waals surface area contributed by atoms with Crippen molar-refractivity contribution in [2.24, 2.45) is 5.92 Å². The molecule has 1 aliphatic heterocycles. The molecule has 2 aliphatic rings. The summed E-state index contributed by atoms with van der Waals surface area (Å²) >= 11 is 0. The van der Waals surface area contributed by atoms with Crippen LogP contribution in [0.25, 0.3) is 0 Å². The Hall–Kier alpha value is -0.610. The molecule has 0 aromatic rings. The van der Waals surface area contributed by atoms with Gasteiger partial charge < -0.3 is 14.7 Å². The van der Waals surface area contributed by atoms with Crippen LogP contribution in [0.2, 0.25) is 0 Å². The van der Waals surface area contributed by atoms with Gasteiger partial charge in [-0.15, -0.1) is 0 Å². The minimum absolute atomic E-state index is 0.0766. The Kier molecular flexibility index (Phi) is 4.40. The van der Waals surface area contributed by atoms with Crippen LogP contribution in [0.5, 0.6) is 0 Å². The topological polar surface area (TPSA) is 49.8 Å². The molecular formula is C13H23NO3. The van der Waals surface area contributed by atoms with Crippen LogP contribution in [0.3, 0.4) is 0 Å². The third-order valence-electron chi connectivity index (χ3n) is 4.16. The van der Waals surface area contributed by atoms with Gasteiger partial charge in [-0.3, -0.25) is 4.79 Å². The predicted molar refractivity (Wildman–Crippen MR) is 64.6 cm³/mol. The van der Waals surface area contributed by atoms with Crippen LogP contribution in [0, 0.1) is 5.92 Å². The van der Waals surface area contributed by atoms with Gasteiger partial charge in [-0.05, 0) is 25.7 Å². The number of aliphatic hydroxyl groups excluding tert-OH is 1. The van der Waals surface area contributed by atoms with Crippen LogP contribution in [-0.4, -0.2) is 48.3 Å². The SMILES string of the molecule is COCC(=O)N1CCCC1C1CCCCC1O. The molecule has 1 N–H and O–H groups in total. The Morgan fingerprint density at radius 1 is 1.29 bits per heavy atom. The van der Waals surface area contributed by atoms with Gasteiger partial charge in [-0.2, -0.15) is 0 Å². The van der Waals surface area contributed by atoms with Crippen molar-refractivity contribution in [1.29, 1.82) is 0 Å². The van der Waals surface area contributed by atoms with E-state index in [2.05, 4.69) is 0 Å². The van der Waals surface area contributed by atoms with Crippen molar-refractivity contribution in [3.8, 4) is 0 Å². The molecule has 1 amide bonds. The first-order valence-corrected chi connectivity index (χ1v) is 6.70. The van der Waals surface area contributed by atoms with Crippen LogP contribution in [0.15, 0.2) is 0 Å². The number of rotatable bonds is 3. The van der Waals surface area contributed by atoms with Gasteiger partial charge >= 0.3 is 0 Å². The third kappa shape index (κ3) is 2.80. The van der Waals surface area contributed by atoms with E-state index in [1.165, 1.54) is 6.42 Å². The summed E-state index contributed by atoms with van der Waals surface area (Å²) in [6.07, 6.45) is 6.14. The lowest BCUT2D eigenvalue weighted by Crippen LogP contribution is -2.46. The highest BCUT2D eigenvalue weighted by Gasteiger charge is 2.38. The summed E-state index contributed by atoms with van der Waals surface area (Å²) in [5.41, 5.74) is 0. The standard InChI is InChI=1S/C13H23NO3/c1-17-9-13(16)14-8-4-6-11(14)10-5-2-3-7-12(10)15/h10-12,15H,2-9H2,1H3. The summed E-state index contributed by atoms with van der Waals surface area (Å²) in [6.45, 7) is 0.995. The molecule has 17 heavy (non-hydrogen) atoms. The number of methoxy groups -OCH3 is 1. The maximum atomic E-state index is 11.9. The first kappa shape index (κ1) is 12.8. The summed E-state index contributed by atoms with van der Waals surface area (Å²) in [7, 11) is 1.55. The number of ether oxygens (including phenoxy) is 1. The lowest BCUT2D eigenvalue weighted by molar-refractivity contribution is -0.138. The lowest BCUT2D eigenvalue weighted by Gasteiger charge is -2.37. The van der Waals surface area contributed by atoms with Crippen LogP contribution >= 0.6 is 0 Å². The van der Waals surface area contributed by atoms with E-state index in [0.29, 0.717) is 0 Å². The number of nitrogens with zero attached hydrogens (tertiary/aromatic N) is 1. The predicted octanol–water partition coefficient (Wildman–Crippen LogP) is 1.17. The molecule has 1 heterocycles. The minimum atomic E-state index is -0.218. The van der Waals surface area contributed by atoms with E-state index in [1.54, 1.807) is 7.11 Å². The second-order valence-corrected chi connectivity index (χ2v) is 5.25. The van der Waals surface area contributed by atoms with Gasteiger partial charge in [0.25, 0.3) is 0 Å². The summed E-state index contributed by atoms with van der Waals surface area (Å²) in [4.78, 5) is 13.9. The minimum Gasteiger partial charge on any atom is -0.393 e. The highest BCUT2D eigenvalue weighted by molar-refractivity contribution is 5.78. The molecule has 4 nitrogen and oxygen atoms in total. The van der Waals surface area contributed by atoms with Crippen molar-refractivity contribution < 1.29 is 14.6 Å². The fraction of sp³-hybridized carbons (Fsp3) is 0.923. The van der Waals surface area contributed by atoms with E-state index in [4.69, 9.17) is 4.74 Å². The number of carbonyl (C=O) groups excluding carboxylic acids is 1. The van der Waals surface area contributed by atoms with E-state index in [9.17, 15) is 9.90 Å². The molecule has 0 aromatic carbocycles. The molecule has 3 atom stereocenters. The maximum absolute atomic E-state index is 11.9. The van der Waals surface area contributed by atoms with Gasteiger partial charge in [-0.1, -0.05) is 12.8 Å². The molecule has 1 aliphatic carbocycles. The molecule has 4 heteroatoms. The van der Waals surface area contributed by atoms with Crippen molar-refractivity contribution >= 4 is 5.91 Å². The summed E-state index contributed by atoms with van der Waals surface area (Å²) in [6, 6.07) is 0.243. The Labute approximate surface area is 103 Å². The van der Waals surface area contributed by atoms with Gasteiger partial charge in [0, 0.05) is 25.6 Å². The van der Waals surface area contributed by atoms with Crippen LogP contribution in [0.4, 0.5) is 0 Å².